The van der Waals surface area contributed by atoms with Crippen LogP contribution in [0.4, 0.5) is 4.39 Å². The van der Waals surface area contributed by atoms with E-state index in [0.717, 1.165) is 0 Å². The maximum Gasteiger partial charge on any atom is 0.321 e. The number of sulfone groups is 1. The van der Waals surface area contributed by atoms with E-state index in [9.17, 15) is 17.6 Å². The van der Waals surface area contributed by atoms with Gasteiger partial charge in [-0.3, -0.25) is 4.79 Å². The van der Waals surface area contributed by atoms with Gasteiger partial charge in [0.1, 0.15) is 18.2 Å². The van der Waals surface area contributed by atoms with E-state index >= 15 is 0 Å². The fourth-order valence-electron chi connectivity index (χ4n) is 1.20. The molecule has 0 fully saturated rings. The number of hydrogen-bond donors (Lipinski definition) is 0. The highest BCUT2D eigenvalue weighted by Gasteiger charge is 2.16. The summed E-state index contributed by atoms with van der Waals surface area (Å²) in [6, 6.07) is 5.39. The first-order valence-corrected chi connectivity index (χ1v) is 6.96. The molecule has 0 atom stereocenters. The van der Waals surface area contributed by atoms with Gasteiger partial charge in [-0.2, -0.15) is 0 Å². The minimum Gasteiger partial charge on any atom is -0.460 e. The molecule has 6 heteroatoms. The van der Waals surface area contributed by atoms with Gasteiger partial charge < -0.3 is 4.74 Å². The Hall–Kier alpha value is -1.69. The van der Waals surface area contributed by atoms with Crippen molar-refractivity contribution >= 4 is 15.8 Å². The van der Waals surface area contributed by atoms with Crippen molar-refractivity contribution in [2.45, 2.75) is 6.61 Å². The van der Waals surface area contributed by atoms with Crippen LogP contribution in [0.1, 0.15) is 5.56 Å². The Balaban J connectivity index is 2.47. The molecule has 0 saturated heterocycles. The van der Waals surface area contributed by atoms with Gasteiger partial charge in [-0.05, 0) is 17.7 Å². The van der Waals surface area contributed by atoms with E-state index in [0.29, 0.717) is 5.56 Å². The molecule has 1 rings (SSSR count). The van der Waals surface area contributed by atoms with E-state index in [2.05, 4.69) is 6.58 Å². The van der Waals surface area contributed by atoms with E-state index in [1.54, 1.807) is 0 Å². The lowest BCUT2D eigenvalue weighted by Crippen LogP contribution is -2.20. The SMILES string of the molecule is C=CCS(=O)(=O)CC(=O)OCc1ccc(F)cc1. The van der Waals surface area contributed by atoms with E-state index in [-0.39, 0.29) is 12.4 Å². The lowest BCUT2D eigenvalue weighted by atomic mass is 10.2. The summed E-state index contributed by atoms with van der Waals surface area (Å²) in [7, 11) is -3.49. The van der Waals surface area contributed by atoms with Gasteiger partial charge in [0.05, 0.1) is 5.75 Å². The average molecular weight is 272 g/mol. The molecule has 0 aliphatic carbocycles. The molecular formula is C12H13FO4S. The minimum absolute atomic E-state index is 0.0806. The first-order chi connectivity index (χ1) is 8.43. The summed E-state index contributed by atoms with van der Waals surface area (Å²) in [5.74, 6) is -2.17. The summed E-state index contributed by atoms with van der Waals surface area (Å²) in [5.41, 5.74) is 0.589. The fourth-order valence-corrected chi connectivity index (χ4v) is 2.12. The van der Waals surface area contributed by atoms with E-state index in [1.165, 1.54) is 30.3 Å². The molecule has 98 valence electrons. The summed E-state index contributed by atoms with van der Waals surface area (Å²) in [6.07, 6.45) is 1.21. The highest BCUT2D eigenvalue weighted by atomic mass is 32.2. The van der Waals surface area contributed by atoms with Crippen LogP contribution in [0.25, 0.3) is 0 Å². The van der Waals surface area contributed by atoms with Gasteiger partial charge in [-0.15, -0.1) is 6.58 Å². The molecule has 0 aliphatic rings. The summed E-state index contributed by atoms with van der Waals surface area (Å²) < 4.78 is 39.9. The van der Waals surface area contributed by atoms with Crippen molar-refractivity contribution in [2.24, 2.45) is 0 Å². The van der Waals surface area contributed by atoms with E-state index in [1.807, 2.05) is 0 Å². The molecule has 0 N–H and O–H groups in total. The third-order valence-corrected chi connectivity index (χ3v) is 3.44. The molecule has 1 aromatic carbocycles. The normalized spacial score (nSPS) is 10.9. The summed E-state index contributed by atoms with van der Waals surface area (Å²) in [5, 5.41) is 0. The van der Waals surface area contributed by atoms with Gasteiger partial charge in [0, 0.05) is 0 Å². The molecule has 4 nitrogen and oxygen atoms in total. The molecular weight excluding hydrogens is 259 g/mol. The van der Waals surface area contributed by atoms with Crippen molar-refractivity contribution in [3.63, 3.8) is 0 Å². The van der Waals surface area contributed by atoms with Crippen LogP contribution in [-0.4, -0.2) is 25.9 Å². The zero-order valence-corrected chi connectivity index (χ0v) is 10.5. The summed E-state index contributed by atoms with van der Waals surface area (Å²) in [4.78, 5) is 11.3. The number of ether oxygens (including phenoxy) is 1. The predicted octanol–water partition coefficient (Wildman–Crippen LogP) is 1.47. The van der Waals surface area contributed by atoms with Crippen LogP contribution < -0.4 is 0 Å². The van der Waals surface area contributed by atoms with Crippen molar-refractivity contribution in [1.82, 2.24) is 0 Å². The third kappa shape index (κ3) is 5.09. The lowest BCUT2D eigenvalue weighted by Gasteiger charge is -2.05. The highest BCUT2D eigenvalue weighted by Crippen LogP contribution is 2.05. The average Bonchev–Trinajstić information content (AvgIpc) is 2.27. The van der Waals surface area contributed by atoms with Gasteiger partial charge in [0.25, 0.3) is 0 Å². The van der Waals surface area contributed by atoms with Gasteiger partial charge >= 0.3 is 5.97 Å². The summed E-state index contributed by atoms with van der Waals surface area (Å²) in [6.45, 7) is 3.21. The standard InChI is InChI=1S/C12H13FO4S/c1-2-7-18(15,16)9-12(14)17-8-10-3-5-11(13)6-4-10/h2-6H,1,7-9H2. The van der Waals surface area contributed by atoms with Crippen LogP contribution >= 0.6 is 0 Å². The molecule has 0 heterocycles. The Labute approximate surface area is 105 Å². The van der Waals surface area contributed by atoms with Crippen molar-refractivity contribution in [3.8, 4) is 0 Å². The Morgan fingerprint density at radius 1 is 1.33 bits per heavy atom. The first kappa shape index (κ1) is 14.4. The second-order valence-corrected chi connectivity index (χ2v) is 5.74. The largest absolute Gasteiger partial charge is 0.460 e. The van der Waals surface area contributed by atoms with Crippen molar-refractivity contribution in [3.05, 3.63) is 48.3 Å². The van der Waals surface area contributed by atoms with E-state index < -0.39 is 27.4 Å². The second kappa shape index (κ2) is 6.30. The zero-order valence-electron chi connectivity index (χ0n) is 9.63. The number of rotatable bonds is 6. The first-order valence-electron chi connectivity index (χ1n) is 5.14. The third-order valence-electron chi connectivity index (χ3n) is 2.02. The fraction of sp³-hybridized carbons (Fsp3) is 0.250. The maximum atomic E-state index is 12.6. The zero-order chi connectivity index (χ0) is 13.6. The Bertz CT molecular complexity index is 520. The number of esters is 1. The topological polar surface area (TPSA) is 60.4 Å². The Morgan fingerprint density at radius 3 is 2.50 bits per heavy atom. The van der Waals surface area contributed by atoms with Crippen LogP contribution in [0.3, 0.4) is 0 Å². The number of halogens is 1. The highest BCUT2D eigenvalue weighted by molar-refractivity contribution is 7.92. The molecule has 0 unspecified atom stereocenters. The van der Waals surface area contributed by atoms with Crippen molar-refractivity contribution < 1.29 is 22.3 Å². The monoisotopic (exact) mass is 272 g/mol. The van der Waals surface area contributed by atoms with E-state index in [4.69, 9.17) is 4.74 Å². The molecule has 0 radical (unpaired) electrons. The van der Waals surface area contributed by atoms with Crippen LogP contribution in [-0.2, 0) is 26.0 Å². The van der Waals surface area contributed by atoms with Gasteiger partial charge in [0.15, 0.2) is 9.84 Å². The number of carbonyl (C=O) groups is 1. The van der Waals surface area contributed by atoms with Crippen LogP contribution in [0.15, 0.2) is 36.9 Å². The molecule has 0 saturated carbocycles. The molecule has 1 aromatic rings. The maximum absolute atomic E-state index is 12.6. The minimum atomic E-state index is -3.49. The number of carbonyl (C=O) groups excluding carboxylic acids is 1. The molecule has 0 bridgehead atoms. The molecule has 0 aromatic heterocycles. The quantitative estimate of drug-likeness (QED) is 0.581. The smallest absolute Gasteiger partial charge is 0.321 e. The van der Waals surface area contributed by atoms with Gasteiger partial charge in [0.2, 0.25) is 0 Å². The Kier molecular flexibility index (Phi) is 5.03. The van der Waals surface area contributed by atoms with Crippen LogP contribution in [0, 0.1) is 5.82 Å². The number of benzene rings is 1. The lowest BCUT2D eigenvalue weighted by molar-refractivity contribution is -0.141. The predicted molar refractivity (Wildman–Crippen MR) is 65.0 cm³/mol. The van der Waals surface area contributed by atoms with Crippen LogP contribution in [0.5, 0.6) is 0 Å². The van der Waals surface area contributed by atoms with Crippen molar-refractivity contribution in [2.75, 3.05) is 11.5 Å². The summed E-state index contributed by atoms with van der Waals surface area (Å²) >= 11 is 0. The molecule has 0 spiro atoms. The molecule has 18 heavy (non-hydrogen) atoms. The van der Waals surface area contributed by atoms with Crippen molar-refractivity contribution in [1.29, 1.82) is 0 Å². The van der Waals surface area contributed by atoms with Gasteiger partial charge in [-0.25, -0.2) is 12.8 Å². The van der Waals surface area contributed by atoms with Gasteiger partial charge in [-0.1, -0.05) is 18.2 Å². The second-order valence-electron chi connectivity index (χ2n) is 3.63. The Morgan fingerprint density at radius 2 is 1.94 bits per heavy atom. The number of hydrogen-bond acceptors (Lipinski definition) is 4. The molecule has 0 aliphatic heterocycles. The molecule has 0 amide bonds. The van der Waals surface area contributed by atoms with Crippen LogP contribution in [0.2, 0.25) is 0 Å².